The molecular formula is C14H26N4O. The van der Waals surface area contributed by atoms with Gasteiger partial charge in [0, 0.05) is 6.42 Å². The van der Waals surface area contributed by atoms with Gasteiger partial charge in [0.2, 0.25) is 0 Å². The van der Waals surface area contributed by atoms with Crippen molar-refractivity contribution in [2.75, 3.05) is 6.54 Å². The smallest absolute Gasteiger partial charge is 0.141 e. The predicted molar refractivity (Wildman–Crippen MR) is 74.9 cm³/mol. The van der Waals surface area contributed by atoms with Crippen molar-refractivity contribution in [3.63, 3.8) is 0 Å². The second-order valence-electron chi connectivity index (χ2n) is 6.48. The molecule has 1 N–H and O–H groups in total. The molecule has 1 unspecified atom stereocenters. The van der Waals surface area contributed by atoms with E-state index in [1.165, 1.54) is 0 Å². The largest absolute Gasteiger partial charge is 0.367 e. The monoisotopic (exact) mass is 266 g/mol. The molecule has 5 nitrogen and oxygen atoms in total. The third-order valence-corrected chi connectivity index (χ3v) is 3.68. The lowest BCUT2D eigenvalue weighted by Gasteiger charge is -2.27. The molecule has 5 heteroatoms. The van der Waals surface area contributed by atoms with Gasteiger partial charge in [-0.1, -0.05) is 6.92 Å². The van der Waals surface area contributed by atoms with Crippen LogP contribution in [-0.4, -0.2) is 32.5 Å². The minimum Gasteiger partial charge on any atom is -0.367 e. The standard InChI is InChI=1S/C14H26N4O/c1-6-7-15-9-12-16-10-17-18(12)11-8-13(2,3)19-14(11,4)5/h10-11,15H,6-9H2,1-5H3. The lowest BCUT2D eigenvalue weighted by Crippen LogP contribution is -2.33. The van der Waals surface area contributed by atoms with E-state index in [-0.39, 0.29) is 17.2 Å². The molecule has 0 saturated carbocycles. The highest BCUT2D eigenvalue weighted by atomic mass is 16.5. The normalized spacial score (nSPS) is 24.8. The predicted octanol–water partition coefficient (Wildman–Crippen LogP) is 2.30. The van der Waals surface area contributed by atoms with Crippen LogP contribution >= 0.6 is 0 Å². The van der Waals surface area contributed by atoms with E-state index in [1.54, 1.807) is 6.33 Å². The maximum atomic E-state index is 6.14. The Morgan fingerprint density at radius 1 is 1.42 bits per heavy atom. The van der Waals surface area contributed by atoms with Crippen LogP contribution in [0.5, 0.6) is 0 Å². The van der Waals surface area contributed by atoms with Gasteiger partial charge in [-0.15, -0.1) is 0 Å². The van der Waals surface area contributed by atoms with E-state index in [1.807, 2.05) is 4.68 Å². The highest BCUT2D eigenvalue weighted by Gasteiger charge is 2.47. The minimum atomic E-state index is -0.212. The third-order valence-electron chi connectivity index (χ3n) is 3.68. The summed E-state index contributed by atoms with van der Waals surface area (Å²) in [5, 5.41) is 7.81. The first-order chi connectivity index (χ1) is 8.86. The van der Waals surface area contributed by atoms with E-state index >= 15 is 0 Å². The van der Waals surface area contributed by atoms with Crippen LogP contribution in [0, 0.1) is 0 Å². The Hall–Kier alpha value is -0.940. The van der Waals surface area contributed by atoms with E-state index in [0.717, 1.165) is 31.8 Å². The van der Waals surface area contributed by atoms with Gasteiger partial charge in [0.25, 0.3) is 0 Å². The molecule has 1 aliphatic heterocycles. The molecule has 2 heterocycles. The van der Waals surface area contributed by atoms with Crippen molar-refractivity contribution >= 4 is 0 Å². The SMILES string of the molecule is CCCNCc1ncnn1C1CC(C)(C)OC1(C)C. The quantitative estimate of drug-likeness (QED) is 0.831. The molecule has 19 heavy (non-hydrogen) atoms. The molecule has 1 aromatic rings. The van der Waals surface area contributed by atoms with Crippen molar-refractivity contribution in [3.8, 4) is 0 Å². The Morgan fingerprint density at radius 3 is 2.74 bits per heavy atom. The maximum absolute atomic E-state index is 6.14. The molecule has 1 atom stereocenters. The highest BCUT2D eigenvalue weighted by Crippen LogP contribution is 2.44. The summed E-state index contributed by atoms with van der Waals surface area (Å²) >= 11 is 0. The molecule has 0 aliphatic carbocycles. The zero-order valence-electron chi connectivity index (χ0n) is 12.7. The van der Waals surface area contributed by atoms with Crippen molar-refractivity contribution in [1.82, 2.24) is 20.1 Å². The average molecular weight is 266 g/mol. The zero-order chi connectivity index (χ0) is 14.1. The van der Waals surface area contributed by atoms with E-state index in [0.29, 0.717) is 0 Å². The first kappa shape index (κ1) is 14.5. The van der Waals surface area contributed by atoms with Crippen molar-refractivity contribution in [3.05, 3.63) is 12.2 Å². The van der Waals surface area contributed by atoms with Crippen LogP contribution in [0.4, 0.5) is 0 Å². The number of hydrogen-bond donors (Lipinski definition) is 1. The average Bonchev–Trinajstić information content (AvgIpc) is 2.80. The van der Waals surface area contributed by atoms with Crippen molar-refractivity contribution in [2.45, 2.75) is 71.2 Å². The minimum absolute atomic E-state index is 0.103. The number of hydrogen-bond acceptors (Lipinski definition) is 4. The van der Waals surface area contributed by atoms with E-state index in [9.17, 15) is 0 Å². The van der Waals surface area contributed by atoms with Gasteiger partial charge >= 0.3 is 0 Å². The maximum Gasteiger partial charge on any atom is 0.141 e. The Kier molecular flexibility index (Phi) is 3.97. The van der Waals surface area contributed by atoms with Crippen LogP contribution in [0.3, 0.4) is 0 Å². The number of nitrogens with zero attached hydrogens (tertiary/aromatic N) is 3. The van der Waals surface area contributed by atoms with Crippen LogP contribution in [0.15, 0.2) is 6.33 Å². The summed E-state index contributed by atoms with van der Waals surface area (Å²) in [6.45, 7) is 12.5. The fourth-order valence-electron chi connectivity index (χ4n) is 2.95. The molecular weight excluding hydrogens is 240 g/mol. The number of aromatic nitrogens is 3. The van der Waals surface area contributed by atoms with Gasteiger partial charge in [0.1, 0.15) is 12.2 Å². The number of nitrogens with one attached hydrogen (secondary N) is 1. The third kappa shape index (κ3) is 3.15. The molecule has 0 radical (unpaired) electrons. The van der Waals surface area contributed by atoms with Crippen molar-refractivity contribution < 1.29 is 4.74 Å². The molecule has 1 aliphatic rings. The Labute approximate surface area is 115 Å². The summed E-state index contributed by atoms with van der Waals surface area (Å²) in [5.74, 6) is 0.993. The zero-order valence-corrected chi connectivity index (χ0v) is 12.7. The summed E-state index contributed by atoms with van der Waals surface area (Å²) in [6.07, 6.45) is 3.73. The second kappa shape index (κ2) is 5.21. The highest BCUT2D eigenvalue weighted by molar-refractivity contribution is 5.01. The van der Waals surface area contributed by atoms with Crippen LogP contribution in [0.1, 0.15) is 59.3 Å². The Balaban J connectivity index is 2.16. The Bertz CT molecular complexity index is 425. The molecule has 108 valence electrons. The van der Waals surface area contributed by atoms with Crippen LogP contribution < -0.4 is 5.32 Å². The van der Waals surface area contributed by atoms with Gasteiger partial charge in [-0.05, 0) is 40.7 Å². The van der Waals surface area contributed by atoms with Crippen LogP contribution in [0.25, 0.3) is 0 Å². The van der Waals surface area contributed by atoms with Crippen molar-refractivity contribution in [1.29, 1.82) is 0 Å². The summed E-state index contributed by atoms with van der Waals surface area (Å²) in [4.78, 5) is 4.38. The van der Waals surface area contributed by atoms with Gasteiger partial charge in [-0.25, -0.2) is 9.67 Å². The van der Waals surface area contributed by atoms with Gasteiger partial charge in [0.15, 0.2) is 0 Å². The number of ether oxygens (including phenoxy) is 1. The molecule has 0 bridgehead atoms. The molecule has 1 saturated heterocycles. The number of rotatable bonds is 5. The topological polar surface area (TPSA) is 52.0 Å². The fourth-order valence-corrected chi connectivity index (χ4v) is 2.95. The van der Waals surface area contributed by atoms with E-state index < -0.39 is 0 Å². The molecule has 0 amide bonds. The van der Waals surface area contributed by atoms with Gasteiger partial charge in [-0.3, -0.25) is 0 Å². The van der Waals surface area contributed by atoms with E-state index in [4.69, 9.17) is 4.74 Å². The summed E-state index contributed by atoms with van der Waals surface area (Å²) in [6, 6.07) is 0.239. The molecule has 0 spiro atoms. The molecule has 0 aromatic carbocycles. The fraction of sp³-hybridized carbons (Fsp3) is 0.857. The van der Waals surface area contributed by atoms with Crippen LogP contribution in [0.2, 0.25) is 0 Å². The first-order valence-electron chi connectivity index (χ1n) is 7.15. The summed E-state index contributed by atoms with van der Waals surface area (Å²) in [5.41, 5.74) is -0.315. The second-order valence-corrected chi connectivity index (χ2v) is 6.48. The molecule has 2 rings (SSSR count). The van der Waals surface area contributed by atoms with Crippen molar-refractivity contribution in [2.24, 2.45) is 0 Å². The lowest BCUT2D eigenvalue weighted by molar-refractivity contribution is -0.0740. The molecule has 1 aromatic heterocycles. The van der Waals surface area contributed by atoms with Gasteiger partial charge in [-0.2, -0.15) is 5.10 Å². The van der Waals surface area contributed by atoms with Gasteiger partial charge in [0.05, 0.1) is 23.8 Å². The summed E-state index contributed by atoms with van der Waals surface area (Å²) in [7, 11) is 0. The lowest BCUT2D eigenvalue weighted by atomic mass is 9.94. The first-order valence-corrected chi connectivity index (χ1v) is 7.15. The van der Waals surface area contributed by atoms with Gasteiger partial charge < -0.3 is 10.1 Å². The van der Waals surface area contributed by atoms with Crippen LogP contribution in [-0.2, 0) is 11.3 Å². The Morgan fingerprint density at radius 2 is 2.16 bits per heavy atom. The molecule has 1 fully saturated rings. The van der Waals surface area contributed by atoms with E-state index in [2.05, 4.69) is 50.0 Å². The summed E-state index contributed by atoms with van der Waals surface area (Å²) < 4.78 is 8.18.